The van der Waals surface area contributed by atoms with Crippen molar-refractivity contribution in [2.24, 2.45) is 0 Å². The van der Waals surface area contributed by atoms with E-state index in [0.29, 0.717) is 6.61 Å². The van der Waals surface area contributed by atoms with Gasteiger partial charge in [-0.05, 0) is 6.42 Å². The van der Waals surface area contributed by atoms with Gasteiger partial charge in [0.1, 0.15) is 0 Å². The lowest BCUT2D eigenvalue weighted by atomic mass is 10.5. The summed E-state index contributed by atoms with van der Waals surface area (Å²) in [6, 6.07) is 0. The van der Waals surface area contributed by atoms with Gasteiger partial charge in [0.15, 0.2) is 0 Å². The standard InChI is InChI=1S/C3H9O3P.2ClH/c1-2-3-6-7(4)5;;/h4-5H,2-3H2,1H3;2*1H. The second-order valence-electron chi connectivity index (χ2n) is 1.09. The molecule has 0 radical (unpaired) electrons. The third kappa shape index (κ3) is 17.6. The van der Waals surface area contributed by atoms with Gasteiger partial charge in [-0.15, -0.1) is 24.8 Å². The van der Waals surface area contributed by atoms with Crippen LogP contribution in [0.25, 0.3) is 0 Å². The Hall–Kier alpha value is 0.890. The van der Waals surface area contributed by atoms with Crippen molar-refractivity contribution in [2.45, 2.75) is 13.3 Å². The van der Waals surface area contributed by atoms with E-state index < -0.39 is 8.60 Å². The first kappa shape index (κ1) is 16.5. The quantitative estimate of drug-likeness (QED) is 0.673. The van der Waals surface area contributed by atoms with Crippen molar-refractivity contribution < 1.29 is 14.3 Å². The minimum absolute atomic E-state index is 0. The number of hydrogen-bond acceptors (Lipinski definition) is 3. The van der Waals surface area contributed by atoms with Crippen molar-refractivity contribution in [1.29, 1.82) is 0 Å². The molecule has 0 aliphatic rings. The maximum atomic E-state index is 8.08. The first-order valence-electron chi connectivity index (χ1n) is 2.08. The fourth-order valence-corrected chi connectivity index (χ4v) is 0.519. The van der Waals surface area contributed by atoms with Crippen LogP contribution in [-0.2, 0) is 4.52 Å². The van der Waals surface area contributed by atoms with Crippen LogP contribution in [0.3, 0.4) is 0 Å². The number of halogens is 2. The summed E-state index contributed by atoms with van der Waals surface area (Å²) in [6.07, 6.45) is 0.819. The summed E-state index contributed by atoms with van der Waals surface area (Å²) >= 11 is 0. The molecule has 0 fully saturated rings. The van der Waals surface area contributed by atoms with Crippen molar-refractivity contribution in [1.82, 2.24) is 0 Å². The molecule has 0 unspecified atom stereocenters. The van der Waals surface area contributed by atoms with Gasteiger partial charge in [-0.1, -0.05) is 6.92 Å². The lowest BCUT2D eigenvalue weighted by Crippen LogP contribution is -1.83. The fraction of sp³-hybridized carbons (Fsp3) is 1.00. The lowest BCUT2D eigenvalue weighted by Gasteiger charge is -1.98. The van der Waals surface area contributed by atoms with Crippen LogP contribution in [0.1, 0.15) is 13.3 Å². The Morgan fingerprint density at radius 3 is 1.89 bits per heavy atom. The van der Waals surface area contributed by atoms with Gasteiger partial charge < -0.3 is 14.3 Å². The van der Waals surface area contributed by atoms with Gasteiger partial charge in [-0.25, -0.2) is 0 Å². The zero-order valence-corrected chi connectivity index (χ0v) is 7.51. The molecule has 0 rings (SSSR count). The summed E-state index contributed by atoms with van der Waals surface area (Å²) in [5.74, 6) is 0. The van der Waals surface area contributed by atoms with Gasteiger partial charge >= 0.3 is 8.60 Å². The Morgan fingerprint density at radius 1 is 1.33 bits per heavy atom. The first-order valence-corrected chi connectivity index (χ1v) is 3.24. The Labute approximate surface area is 68.2 Å². The maximum Gasteiger partial charge on any atom is 0.327 e. The molecular formula is C3H11Cl2O3P. The van der Waals surface area contributed by atoms with E-state index in [9.17, 15) is 0 Å². The predicted molar refractivity (Wildman–Crippen MR) is 42.1 cm³/mol. The van der Waals surface area contributed by atoms with Crippen LogP contribution in [-0.4, -0.2) is 16.4 Å². The fourth-order valence-electron chi connectivity index (χ4n) is 0.173. The van der Waals surface area contributed by atoms with Gasteiger partial charge in [0, 0.05) is 0 Å². The van der Waals surface area contributed by atoms with Gasteiger partial charge in [-0.3, -0.25) is 0 Å². The van der Waals surface area contributed by atoms with Crippen LogP contribution in [0, 0.1) is 0 Å². The molecule has 0 aliphatic heterocycles. The summed E-state index contributed by atoms with van der Waals surface area (Å²) in [5, 5.41) is 0. The van der Waals surface area contributed by atoms with E-state index in [1.807, 2.05) is 6.92 Å². The highest BCUT2D eigenvalue weighted by Gasteiger charge is 1.93. The SMILES string of the molecule is CCCOP(O)O.Cl.Cl. The van der Waals surface area contributed by atoms with Crippen LogP contribution in [0.2, 0.25) is 0 Å². The monoisotopic (exact) mass is 196 g/mol. The zero-order valence-electron chi connectivity index (χ0n) is 4.98. The van der Waals surface area contributed by atoms with Gasteiger partial charge in [-0.2, -0.15) is 0 Å². The predicted octanol–water partition coefficient (Wildman–Crippen LogP) is 1.47. The second kappa shape index (κ2) is 11.7. The van der Waals surface area contributed by atoms with Crippen LogP contribution in [0.15, 0.2) is 0 Å². The van der Waals surface area contributed by atoms with Gasteiger partial charge in [0.2, 0.25) is 0 Å². The van der Waals surface area contributed by atoms with Crippen molar-refractivity contribution in [2.75, 3.05) is 6.61 Å². The van der Waals surface area contributed by atoms with Crippen molar-refractivity contribution >= 4 is 33.4 Å². The van der Waals surface area contributed by atoms with E-state index in [0.717, 1.165) is 6.42 Å². The first-order chi connectivity index (χ1) is 3.27. The molecule has 0 aromatic rings. The minimum atomic E-state index is -2.11. The zero-order chi connectivity index (χ0) is 5.70. The molecule has 0 aromatic heterocycles. The average Bonchev–Trinajstić information content (AvgIpc) is 1.61. The van der Waals surface area contributed by atoms with Crippen LogP contribution < -0.4 is 0 Å². The molecule has 0 heterocycles. The molecule has 3 nitrogen and oxygen atoms in total. The smallest absolute Gasteiger partial charge is 0.327 e. The molecule has 0 atom stereocenters. The normalized spacial score (nSPS) is 8.00. The third-order valence-corrected chi connectivity index (χ3v) is 0.824. The molecule has 9 heavy (non-hydrogen) atoms. The Morgan fingerprint density at radius 2 is 1.78 bits per heavy atom. The number of hydrogen-bond donors (Lipinski definition) is 2. The van der Waals surface area contributed by atoms with E-state index in [4.69, 9.17) is 9.79 Å². The molecule has 6 heteroatoms. The van der Waals surface area contributed by atoms with Crippen molar-refractivity contribution in [3.05, 3.63) is 0 Å². The van der Waals surface area contributed by atoms with E-state index in [1.165, 1.54) is 0 Å². The summed E-state index contributed by atoms with van der Waals surface area (Å²) < 4.78 is 4.37. The molecule has 0 aromatic carbocycles. The second-order valence-corrected chi connectivity index (χ2v) is 1.85. The Bertz CT molecular complexity index is 46.0. The summed E-state index contributed by atoms with van der Waals surface area (Å²) in [7, 11) is -2.11. The lowest BCUT2D eigenvalue weighted by molar-refractivity contribution is 0.255. The van der Waals surface area contributed by atoms with Crippen LogP contribution >= 0.6 is 33.4 Å². The highest BCUT2D eigenvalue weighted by Crippen LogP contribution is 2.23. The largest absolute Gasteiger partial charge is 0.328 e. The van der Waals surface area contributed by atoms with E-state index in [2.05, 4.69) is 4.52 Å². The Kier molecular flexibility index (Phi) is 21.3. The van der Waals surface area contributed by atoms with E-state index in [-0.39, 0.29) is 24.8 Å². The highest BCUT2D eigenvalue weighted by atomic mass is 35.5. The molecular weight excluding hydrogens is 186 g/mol. The summed E-state index contributed by atoms with van der Waals surface area (Å²) in [5.41, 5.74) is 0. The molecule has 0 amide bonds. The topological polar surface area (TPSA) is 49.7 Å². The summed E-state index contributed by atoms with van der Waals surface area (Å²) in [4.78, 5) is 16.2. The van der Waals surface area contributed by atoms with E-state index in [1.54, 1.807) is 0 Å². The third-order valence-electron chi connectivity index (χ3n) is 0.411. The van der Waals surface area contributed by atoms with Gasteiger partial charge in [0.25, 0.3) is 0 Å². The minimum Gasteiger partial charge on any atom is -0.328 e. The molecule has 2 N–H and O–H groups in total. The molecule has 0 spiro atoms. The van der Waals surface area contributed by atoms with Crippen molar-refractivity contribution in [3.8, 4) is 0 Å². The molecule has 0 bridgehead atoms. The molecule has 0 aliphatic carbocycles. The molecule has 60 valence electrons. The number of rotatable bonds is 3. The molecule has 0 saturated heterocycles. The van der Waals surface area contributed by atoms with E-state index >= 15 is 0 Å². The Balaban J connectivity index is -0.000000180. The van der Waals surface area contributed by atoms with Crippen LogP contribution in [0.4, 0.5) is 0 Å². The highest BCUT2D eigenvalue weighted by molar-refractivity contribution is 7.39. The van der Waals surface area contributed by atoms with Crippen LogP contribution in [0.5, 0.6) is 0 Å². The summed E-state index contributed by atoms with van der Waals surface area (Å²) in [6.45, 7) is 2.33. The maximum absolute atomic E-state index is 8.08. The van der Waals surface area contributed by atoms with Gasteiger partial charge in [0.05, 0.1) is 6.61 Å². The molecule has 0 saturated carbocycles. The van der Waals surface area contributed by atoms with Crippen molar-refractivity contribution in [3.63, 3.8) is 0 Å². The average molecular weight is 197 g/mol.